The molecule has 0 aliphatic heterocycles. The van der Waals surface area contributed by atoms with Crippen LogP contribution < -0.4 is 16.8 Å². The molecule has 0 rings (SSSR count). The van der Waals surface area contributed by atoms with E-state index in [2.05, 4.69) is 5.32 Å². The molecule has 0 radical (unpaired) electrons. The predicted molar refractivity (Wildman–Crippen MR) is 49.8 cm³/mol. The molecule has 0 aromatic rings. The van der Waals surface area contributed by atoms with E-state index in [1.54, 1.807) is 0 Å². The lowest BCUT2D eigenvalue weighted by molar-refractivity contribution is -0.149. The maximum Gasteiger partial charge on any atom is 0.373 e. The van der Waals surface area contributed by atoms with Gasteiger partial charge in [0.1, 0.15) is 0 Å². The second kappa shape index (κ2) is 5.92. The third kappa shape index (κ3) is 5.09. The standard InChI is InChI=1S/C7H14N4O3/c8-4(5(12)6(13)14)2-1-3-11-7(9)10/h4H,1-3,8H2,(H,13,14)(H4,9,10,11). The van der Waals surface area contributed by atoms with Crippen LogP contribution >= 0.6 is 0 Å². The number of nitrogens with one attached hydrogen (secondary N) is 2. The summed E-state index contributed by atoms with van der Waals surface area (Å²) in [5.41, 5.74) is 10.3. The van der Waals surface area contributed by atoms with E-state index in [-0.39, 0.29) is 12.4 Å². The number of carbonyl (C=O) groups excluding carboxylic acids is 1. The summed E-state index contributed by atoms with van der Waals surface area (Å²) in [6.07, 6.45) is 0.741. The number of nitrogens with two attached hydrogens (primary N) is 2. The fourth-order valence-electron chi connectivity index (χ4n) is 0.835. The quantitative estimate of drug-likeness (QED) is 0.149. The minimum Gasteiger partial charge on any atom is -0.475 e. The maximum atomic E-state index is 10.8. The van der Waals surface area contributed by atoms with Crippen molar-refractivity contribution in [3.8, 4) is 0 Å². The molecule has 1 unspecified atom stereocenters. The summed E-state index contributed by atoms with van der Waals surface area (Å²) in [5, 5.41) is 17.6. The molecule has 0 bridgehead atoms. The highest BCUT2D eigenvalue weighted by atomic mass is 16.4. The Bertz CT molecular complexity index is 241. The number of carboxylic acids is 1. The zero-order valence-corrected chi connectivity index (χ0v) is 7.62. The number of ketones is 1. The number of carboxylic acid groups (broad SMARTS) is 1. The molecule has 0 spiro atoms. The van der Waals surface area contributed by atoms with Gasteiger partial charge in [-0.2, -0.15) is 0 Å². The van der Waals surface area contributed by atoms with Gasteiger partial charge in [0.25, 0.3) is 5.78 Å². The molecule has 14 heavy (non-hydrogen) atoms. The number of rotatable bonds is 6. The van der Waals surface area contributed by atoms with Gasteiger partial charge >= 0.3 is 5.97 Å². The summed E-state index contributed by atoms with van der Waals surface area (Å²) < 4.78 is 0. The topological polar surface area (TPSA) is 142 Å². The second-order valence-electron chi connectivity index (χ2n) is 2.76. The molecule has 0 saturated heterocycles. The van der Waals surface area contributed by atoms with Crippen molar-refractivity contribution in [2.75, 3.05) is 6.54 Å². The Kier molecular flexibility index (Phi) is 5.23. The molecule has 0 heterocycles. The predicted octanol–water partition coefficient (Wildman–Crippen LogP) is -1.77. The molecule has 80 valence electrons. The zero-order chi connectivity index (χ0) is 11.1. The van der Waals surface area contributed by atoms with Crippen LogP contribution in [-0.2, 0) is 9.59 Å². The normalized spacial score (nSPS) is 11.8. The van der Waals surface area contributed by atoms with E-state index in [0.717, 1.165) is 0 Å². The van der Waals surface area contributed by atoms with E-state index in [1.165, 1.54) is 0 Å². The van der Waals surface area contributed by atoms with Crippen molar-refractivity contribution in [2.24, 2.45) is 11.5 Å². The van der Waals surface area contributed by atoms with Gasteiger partial charge in [-0.05, 0) is 12.8 Å². The summed E-state index contributed by atoms with van der Waals surface area (Å²) in [5.74, 6) is -2.67. The molecule has 0 aliphatic rings. The van der Waals surface area contributed by atoms with Gasteiger partial charge < -0.3 is 21.9 Å². The first-order valence-electron chi connectivity index (χ1n) is 4.05. The summed E-state index contributed by atoms with van der Waals surface area (Å²) in [7, 11) is 0. The van der Waals surface area contributed by atoms with Crippen LogP contribution in [0, 0.1) is 5.41 Å². The molecule has 1 atom stereocenters. The second-order valence-corrected chi connectivity index (χ2v) is 2.76. The van der Waals surface area contributed by atoms with Gasteiger partial charge in [-0.1, -0.05) is 0 Å². The Morgan fingerprint density at radius 3 is 2.50 bits per heavy atom. The minimum absolute atomic E-state index is 0.164. The smallest absolute Gasteiger partial charge is 0.373 e. The lowest BCUT2D eigenvalue weighted by atomic mass is 10.1. The lowest BCUT2D eigenvalue weighted by Crippen LogP contribution is -2.37. The Morgan fingerprint density at radius 2 is 2.07 bits per heavy atom. The molecular weight excluding hydrogens is 188 g/mol. The summed E-state index contributed by atoms with van der Waals surface area (Å²) >= 11 is 0. The minimum atomic E-state index is -1.52. The largest absolute Gasteiger partial charge is 0.475 e. The number of Topliss-reactive ketones (excluding diaryl/α,β-unsaturated/α-hetero) is 1. The third-order valence-corrected chi connectivity index (χ3v) is 1.55. The Morgan fingerprint density at radius 1 is 1.50 bits per heavy atom. The third-order valence-electron chi connectivity index (χ3n) is 1.55. The first kappa shape index (κ1) is 12.4. The van der Waals surface area contributed by atoms with Crippen LogP contribution in [0.1, 0.15) is 12.8 Å². The van der Waals surface area contributed by atoms with Gasteiger partial charge in [0, 0.05) is 6.54 Å². The number of guanidine groups is 1. The van der Waals surface area contributed by atoms with E-state index in [4.69, 9.17) is 22.0 Å². The Labute approximate surface area is 81.0 Å². The molecule has 7 nitrogen and oxygen atoms in total. The average molecular weight is 202 g/mol. The van der Waals surface area contributed by atoms with Crippen LogP contribution in [0.2, 0.25) is 0 Å². The van der Waals surface area contributed by atoms with Gasteiger partial charge in [0.2, 0.25) is 0 Å². The molecule has 0 aliphatic carbocycles. The molecule has 0 fully saturated rings. The molecule has 0 saturated carbocycles. The first-order valence-corrected chi connectivity index (χ1v) is 4.05. The number of hydrogen-bond donors (Lipinski definition) is 5. The van der Waals surface area contributed by atoms with Crippen LogP contribution in [0.25, 0.3) is 0 Å². The molecule has 7 N–H and O–H groups in total. The van der Waals surface area contributed by atoms with Crippen molar-refractivity contribution in [2.45, 2.75) is 18.9 Å². The van der Waals surface area contributed by atoms with Gasteiger partial charge in [-0.25, -0.2) is 4.79 Å². The zero-order valence-electron chi connectivity index (χ0n) is 7.62. The Balaban J connectivity index is 3.64. The molecule has 0 aromatic heterocycles. The highest BCUT2D eigenvalue weighted by Crippen LogP contribution is 1.94. The number of aliphatic carboxylic acids is 1. The summed E-state index contributed by atoms with van der Waals surface area (Å²) in [4.78, 5) is 20.9. The fourth-order valence-corrected chi connectivity index (χ4v) is 0.835. The first-order chi connectivity index (χ1) is 6.45. The summed E-state index contributed by atoms with van der Waals surface area (Å²) in [6.45, 7) is 0.399. The van der Waals surface area contributed by atoms with Crippen LogP contribution in [-0.4, -0.2) is 35.4 Å². The van der Waals surface area contributed by atoms with Crippen molar-refractivity contribution >= 4 is 17.7 Å². The molecular formula is C7H14N4O3. The van der Waals surface area contributed by atoms with Crippen molar-refractivity contribution < 1.29 is 14.7 Å². The monoisotopic (exact) mass is 202 g/mol. The number of hydrogen-bond acceptors (Lipinski definition) is 4. The SMILES string of the molecule is N=C(N)NCCCC(N)C(=O)C(=O)O. The van der Waals surface area contributed by atoms with Crippen LogP contribution in [0.3, 0.4) is 0 Å². The van der Waals surface area contributed by atoms with Crippen molar-refractivity contribution in [3.63, 3.8) is 0 Å². The lowest BCUT2D eigenvalue weighted by Gasteiger charge is -2.07. The van der Waals surface area contributed by atoms with Gasteiger partial charge in [0.05, 0.1) is 6.04 Å². The van der Waals surface area contributed by atoms with Crippen LogP contribution in [0.5, 0.6) is 0 Å². The van der Waals surface area contributed by atoms with Crippen LogP contribution in [0.15, 0.2) is 0 Å². The van der Waals surface area contributed by atoms with E-state index >= 15 is 0 Å². The van der Waals surface area contributed by atoms with Gasteiger partial charge in [0.15, 0.2) is 5.96 Å². The highest BCUT2D eigenvalue weighted by Gasteiger charge is 2.19. The fraction of sp³-hybridized carbons (Fsp3) is 0.571. The summed E-state index contributed by atoms with van der Waals surface area (Å²) in [6, 6.07) is -0.985. The highest BCUT2D eigenvalue weighted by molar-refractivity contribution is 6.34. The van der Waals surface area contributed by atoms with Crippen molar-refractivity contribution in [1.29, 1.82) is 5.41 Å². The molecule has 7 heteroatoms. The van der Waals surface area contributed by atoms with E-state index in [0.29, 0.717) is 13.0 Å². The Hall–Kier alpha value is -1.63. The molecule has 0 aromatic carbocycles. The van der Waals surface area contributed by atoms with E-state index in [1.807, 2.05) is 0 Å². The maximum absolute atomic E-state index is 10.8. The average Bonchev–Trinajstić information content (AvgIpc) is 2.10. The van der Waals surface area contributed by atoms with E-state index < -0.39 is 17.8 Å². The van der Waals surface area contributed by atoms with Gasteiger partial charge in [-0.3, -0.25) is 10.2 Å². The number of carbonyl (C=O) groups is 2. The van der Waals surface area contributed by atoms with Gasteiger partial charge in [-0.15, -0.1) is 0 Å². The molecule has 0 amide bonds. The van der Waals surface area contributed by atoms with Crippen molar-refractivity contribution in [3.05, 3.63) is 0 Å². The van der Waals surface area contributed by atoms with Crippen LogP contribution in [0.4, 0.5) is 0 Å². The van der Waals surface area contributed by atoms with E-state index in [9.17, 15) is 9.59 Å². The van der Waals surface area contributed by atoms with Crippen molar-refractivity contribution in [1.82, 2.24) is 5.32 Å².